The van der Waals surface area contributed by atoms with Crippen molar-refractivity contribution in [2.75, 3.05) is 31.2 Å². The molecule has 0 aliphatic carbocycles. The molecule has 0 saturated carbocycles. The molecule has 0 bridgehead atoms. The Bertz CT molecular complexity index is 469. The van der Waals surface area contributed by atoms with Gasteiger partial charge in [-0.2, -0.15) is 13.2 Å². The minimum Gasteiger partial charge on any atom is -0.381 e. The first-order valence-electron chi connectivity index (χ1n) is 7.40. The molecule has 2 fully saturated rings. The fourth-order valence-electron chi connectivity index (χ4n) is 3.31. The molecule has 0 spiro atoms. The molecule has 2 saturated heterocycles. The highest BCUT2D eigenvalue weighted by Gasteiger charge is 2.33. The zero-order valence-electron chi connectivity index (χ0n) is 11.8. The summed E-state index contributed by atoms with van der Waals surface area (Å²) in [5, 5.41) is 0. The van der Waals surface area contributed by atoms with Crippen LogP contribution >= 0.6 is 0 Å². The maximum atomic E-state index is 12.5. The number of rotatable bonds is 2. The van der Waals surface area contributed by atoms with Crippen molar-refractivity contribution in [2.45, 2.75) is 25.4 Å². The van der Waals surface area contributed by atoms with E-state index < -0.39 is 11.7 Å². The zero-order valence-corrected chi connectivity index (χ0v) is 11.8. The van der Waals surface area contributed by atoms with Crippen LogP contribution < -0.4 is 4.90 Å². The summed E-state index contributed by atoms with van der Waals surface area (Å²) in [5.41, 5.74) is -0.688. The van der Waals surface area contributed by atoms with E-state index in [-0.39, 0.29) is 0 Å². The summed E-state index contributed by atoms with van der Waals surface area (Å²) in [4.78, 5) is 6.09. The van der Waals surface area contributed by atoms with Crippen molar-refractivity contribution in [3.63, 3.8) is 0 Å². The first-order valence-corrected chi connectivity index (χ1v) is 7.40. The van der Waals surface area contributed by atoms with E-state index in [1.54, 1.807) is 0 Å². The molecule has 6 heteroatoms. The number of alkyl halides is 3. The van der Waals surface area contributed by atoms with Crippen molar-refractivity contribution in [1.29, 1.82) is 0 Å². The predicted octanol–water partition coefficient (Wildman–Crippen LogP) is 3.35. The summed E-state index contributed by atoms with van der Waals surface area (Å²) in [5.74, 6) is 1.94. The Kier molecular flexibility index (Phi) is 4.06. The van der Waals surface area contributed by atoms with Crippen molar-refractivity contribution in [3.8, 4) is 0 Å². The SMILES string of the molecule is FC(F)(F)c1ccc(N2CCC(C3CCOCC3)C2)nc1. The molecule has 1 aromatic heterocycles. The van der Waals surface area contributed by atoms with Crippen LogP contribution in [0, 0.1) is 11.8 Å². The fraction of sp³-hybridized carbons (Fsp3) is 0.667. The minimum atomic E-state index is -4.32. The third-order valence-electron chi connectivity index (χ3n) is 4.56. The summed E-state index contributed by atoms with van der Waals surface area (Å²) in [6, 6.07) is 2.60. The van der Waals surface area contributed by atoms with Gasteiger partial charge in [-0.25, -0.2) is 4.98 Å². The molecule has 1 unspecified atom stereocenters. The monoisotopic (exact) mass is 300 g/mol. The number of pyridine rings is 1. The second-order valence-electron chi connectivity index (χ2n) is 5.85. The lowest BCUT2D eigenvalue weighted by Gasteiger charge is -2.27. The minimum absolute atomic E-state index is 0.609. The Morgan fingerprint density at radius 3 is 2.48 bits per heavy atom. The molecule has 0 amide bonds. The zero-order chi connectivity index (χ0) is 14.9. The molecule has 3 heterocycles. The number of nitrogens with zero attached hydrogens (tertiary/aromatic N) is 2. The van der Waals surface area contributed by atoms with E-state index in [2.05, 4.69) is 9.88 Å². The molecule has 0 radical (unpaired) electrons. The van der Waals surface area contributed by atoms with Gasteiger partial charge in [0.25, 0.3) is 0 Å². The van der Waals surface area contributed by atoms with Crippen molar-refractivity contribution < 1.29 is 17.9 Å². The second-order valence-corrected chi connectivity index (χ2v) is 5.85. The molecular formula is C15H19F3N2O. The van der Waals surface area contributed by atoms with Crippen LogP contribution in [0.5, 0.6) is 0 Å². The van der Waals surface area contributed by atoms with E-state index in [9.17, 15) is 13.2 Å². The van der Waals surface area contributed by atoms with Crippen LogP contribution in [0.15, 0.2) is 18.3 Å². The third kappa shape index (κ3) is 3.31. The Hall–Kier alpha value is -1.30. The molecule has 116 valence electrons. The molecule has 21 heavy (non-hydrogen) atoms. The van der Waals surface area contributed by atoms with Gasteiger partial charge in [0, 0.05) is 32.5 Å². The van der Waals surface area contributed by atoms with Gasteiger partial charge < -0.3 is 9.64 Å². The van der Waals surface area contributed by atoms with Crippen LogP contribution in [0.4, 0.5) is 19.0 Å². The average Bonchev–Trinajstić information content (AvgIpc) is 2.97. The first kappa shape index (κ1) is 14.6. The lowest BCUT2D eigenvalue weighted by Crippen LogP contribution is -2.27. The summed E-state index contributed by atoms with van der Waals surface area (Å²) in [7, 11) is 0. The maximum Gasteiger partial charge on any atom is 0.417 e. The molecule has 3 nitrogen and oxygen atoms in total. The Labute approximate surface area is 122 Å². The normalized spacial score (nSPS) is 24.5. The Morgan fingerprint density at radius 1 is 1.10 bits per heavy atom. The smallest absolute Gasteiger partial charge is 0.381 e. The molecule has 1 atom stereocenters. The molecule has 2 aliphatic heterocycles. The van der Waals surface area contributed by atoms with Gasteiger partial charge in [-0.05, 0) is 43.2 Å². The Balaban J connectivity index is 1.63. The van der Waals surface area contributed by atoms with Gasteiger partial charge in [0.05, 0.1) is 5.56 Å². The van der Waals surface area contributed by atoms with Crippen molar-refractivity contribution in [3.05, 3.63) is 23.9 Å². The van der Waals surface area contributed by atoms with Gasteiger partial charge in [0.2, 0.25) is 0 Å². The van der Waals surface area contributed by atoms with Crippen LogP contribution in [0.1, 0.15) is 24.8 Å². The van der Waals surface area contributed by atoms with E-state index in [1.165, 1.54) is 6.07 Å². The van der Waals surface area contributed by atoms with E-state index in [1.807, 2.05) is 0 Å². The molecule has 3 rings (SSSR count). The maximum absolute atomic E-state index is 12.5. The van der Waals surface area contributed by atoms with E-state index in [0.29, 0.717) is 17.7 Å². The molecule has 0 aromatic carbocycles. The number of hydrogen-bond donors (Lipinski definition) is 0. The lowest BCUT2D eigenvalue weighted by molar-refractivity contribution is -0.137. The summed E-state index contributed by atoms with van der Waals surface area (Å²) in [6.07, 6.45) is -0.108. The van der Waals surface area contributed by atoms with Crippen LogP contribution in [-0.2, 0) is 10.9 Å². The van der Waals surface area contributed by atoms with E-state index in [0.717, 1.165) is 57.8 Å². The van der Waals surface area contributed by atoms with Crippen molar-refractivity contribution in [1.82, 2.24) is 4.98 Å². The van der Waals surface area contributed by atoms with Gasteiger partial charge in [-0.15, -0.1) is 0 Å². The second kappa shape index (κ2) is 5.83. The molecule has 0 N–H and O–H groups in total. The van der Waals surface area contributed by atoms with Gasteiger partial charge in [0.1, 0.15) is 5.82 Å². The number of anilines is 1. The van der Waals surface area contributed by atoms with Crippen molar-refractivity contribution >= 4 is 5.82 Å². The molecule has 2 aliphatic rings. The largest absolute Gasteiger partial charge is 0.417 e. The lowest BCUT2D eigenvalue weighted by atomic mass is 9.85. The van der Waals surface area contributed by atoms with Gasteiger partial charge in [-0.3, -0.25) is 0 Å². The average molecular weight is 300 g/mol. The van der Waals surface area contributed by atoms with Gasteiger partial charge >= 0.3 is 6.18 Å². The summed E-state index contributed by atoms with van der Waals surface area (Å²) in [6.45, 7) is 3.43. The van der Waals surface area contributed by atoms with Crippen LogP contribution in [-0.4, -0.2) is 31.3 Å². The fourth-order valence-corrected chi connectivity index (χ4v) is 3.31. The highest BCUT2D eigenvalue weighted by atomic mass is 19.4. The third-order valence-corrected chi connectivity index (χ3v) is 4.56. The van der Waals surface area contributed by atoms with E-state index >= 15 is 0 Å². The standard InChI is InChI=1S/C15H19F3N2O/c16-15(17,18)13-1-2-14(19-9-13)20-6-3-12(10-20)11-4-7-21-8-5-11/h1-2,9,11-12H,3-8,10H2. The number of aromatic nitrogens is 1. The Morgan fingerprint density at radius 2 is 1.86 bits per heavy atom. The van der Waals surface area contributed by atoms with Gasteiger partial charge in [0.15, 0.2) is 0 Å². The molecular weight excluding hydrogens is 281 g/mol. The topological polar surface area (TPSA) is 25.4 Å². The predicted molar refractivity (Wildman–Crippen MR) is 73.1 cm³/mol. The number of halogens is 3. The van der Waals surface area contributed by atoms with Gasteiger partial charge in [-0.1, -0.05) is 0 Å². The first-order chi connectivity index (χ1) is 10.0. The number of hydrogen-bond acceptors (Lipinski definition) is 3. The van der Waals surface area contributed by atoms with Crippen molar-refractivity contribution in [2.24, 2.45) is 11.8 Å². The highest BCUT2D eigenvalue weighted by Crippen LogP contribution is 2.34. The molecule has 1 aromatic rings. The van der Waals surface area contributed by atoms with E-state index in [4.69, 9.17) is 4.74 Å². The highest BCUT2D eigenvalue weighted by molar-refractivity contribution is 5.41. The summed E-state index contributed by atoms with van der Waals surface area (Å²) >= 11 is 0. The van der Waals surface area contributed by atoms with Crippen LogP contribution in [0.3, 0.4) is 0 Å². The quantitative estimate of drug-likeness (QED) is 0.837. The summed E-state index contributed by atoms with van der Waals surface area (Å²) < 4.78 is 43.0. The van der Waals surface area contributed by atoms with Crippen LogP contribution in [0.25, 0.3) is 0 Å². The number of ether oxygens (including phenoxy) is 1. The van der Waals surface area contributed by atoms with Crippen LogP contribution in [0.2, 0.25) is 0 Å².